The molecule has 1 aromatic carbocycles. The van der Waals surface area contributed by atoms with Gasteiger partial charge in [-0.2, -0.15) is 0 Å². The summed E-state index contributed by atoms with van der Waals surface area (Å²) >= 11 is 0. The predicted molar refractivity (Wildman–Crippen MR) is 108 cm³/mol. The number of hydrogen-bond donors (Lipinski definition) is 2. The molecule has 0 radical (unpaired) electrons. The molecule has 5 heteroatoms. The molecule has 0 aliphatic carbocycles. The maximum atomic E-state index is 5.43. The number of benzene rings is 1. The van der Waals surface area contributed by atoms with Crippen LogP contribution in [-0.2, 0) is 19.4 Å². The Bertz CT molecular complexity index is 657. The molecular formula is C21H32N4O. The van der Waals surface area contributed by atoms with Crippen LogP contribution in [0.15, 0.2) is 39.8 Å². The van der Waals surface area contributed by atoms with Crippen molar-refractivity contribution in [3.05, 3.63) is 52.9 Å². The van der Waals surface area contributed by atoms with Crippen molar-refractivity contribution >= 4 is 5.96 Å². The van der Waals surface area contributed by atoms with E-state index in [-0.39, 0.29) is 0 Å². The first-order valence-corrected chi connectivity index (χ1v) is 9.72. The van der Waals surface area contributed by atoms with E-state index in [4.69, 9.17) is 9.52 Å². The zero-order valence-electron chi connectivity index (χ0n) is 16.5. The number of aromatic nitrogens is 1. The van der Waals surface area contributed by atoms with E-state index in [9.17, 15) is 0 Å². The number of aryl methyl sites for hydroxylation is 2. The van der Waals surface area contributed by atoms with Crippen molar-refractivity contribution in [3.8, 4) is 0 Å². The molecule has 2 aromatic rings. The van der Waals surface area contributed by atoms with Crippen LogP contribution in [0.5, 0.6) is 0 Å². The minimum Gasteiger partial charge on any atom is -0.361 e. The highest BCUT2D eigenvalue weighted by molar-refractivity contribution is 5.79. The summed E-state index contributed by atoms with van der Waals surface area (Å²) in [5.74, 6) is 2.31. The van der Waals surface area contributed by atoms with Crippen LogP contribution in [0.2, 0.25) is 0 Å². The Kier molecular flexibility index (Phi) is 8.19. The SMILES string of the molecule is CCNC(=NCc1c(CC)noc1CC)NCCC(C)c1ccccc1. The molecule has 5 nitrogen and oxygen atoms in total. The van der Waals surface area contributed by atoms with E-state index in [1.54, 1.807) is 0 Å². The number of nitrogens with zero attached hydrogens (tertiary/aromatic N) is 2. The van der Waals surface area contributed by atoms with Gasteiger partial charge in [0.15, 0.2) is 5.96 Å². The molecular weight excluding hydrogens is 324 g/mol. The fourth-order valence-corrected chi connectivity index (χ4v) is 2.97. The van der Waals surface area contributed by atoms with Crippen LogP contribution < -0.4 is 10.6 Å². The van der Waals surface area contributed by atoms with Gasteiger partial charge in [-0.3, -0.25) is 0 Å². The van der Waals surface area contributed by atoms with Crippen LogP contribution >= 0.6 is 0 Å². The maximum Gasteiger partial charge on any atom is 0.191 e. The Hall–Kier alpha value is -2.30. The number of nitrogens with one attached hydrogen (secondary N) is 2. The van der Waals surface area contributed by atoms with Crippen LogP contribution in [0, 0.1) is 0 Å². The van der Waals surface area contributed by atoms with Crippen LogP contribution in [0.4, 0.5) is 0 Å². The Labute approximate surface area is 157 Å². The van der Waals surface area contributed by atoms with Gasteiger partial charge in [0.2, 0.25) is 0 Å². The van der Waals surface area contributed by atoms with Crippen molar-refractivity contribution in [2.24, 2.45) is 4.99 Å². The molecule has 0 saturated carbocycles. The Morgan fingerprint density at radius 3 is 2.54 bits per heavy atom. The van der Waals surface area contributed by atoms with Crippen molar-refractivity contribution in [3.63, 3.8) is 0 Å². The van der Waals surface area contributed by atoms with E-state index < -0.39 is 0 Å². The molecule has 0 fully saturated rings. The van der Waals surface area contributed by atoms with Gasteiger partial charge >= 0.3 is 0 Å². The van der Waals surface area contributed by atoms with Crippen molar-refractivity contribution in [1.29, 1.82) is 0 Å². The average Bonchev–Trinajstić information content (AvgIpc) is 3.08. The minimum absolute atomic E-state index is 0.517. The Morgan fingerprint density at radius 2 is 1.88 bits per heavy atom. The lowest BCUT2D eigenvalue weighted by Crippen LogP contribution is -2.38. The lowest BCUT2D eigenvalue weighted by Gasteiger charge is -2.15. The first-order chi connectivity index (χ1) is 12.7. The van der Waals surface area contributed by atoms with Crippen molar-refractivity contribution in [1.82, 2.24) is 15.8 Å². The lowest BCUT2D eigenvalue weighted by molar-refractivity contribution is 0.380. The van der Waals surface area contributed by atoms with E-state index in [0.29, 0.717) is 12.5 Å². The standard InChI is InChI=1S/C21H32N4O/c1-5-19-18(20(6-2)26-25-19)15-24-21(22-7-3)23-14-13-16(4)17-11-9-8-10-12-17/h8-12,16H,5-7,13-15H2,1-4H3,(H2,22,23,24). The van der Waals surface area contributed by atoms with Gasteiger partial charge < -0.3 is 15.2 Å². The quantitative estimate of drug-likeness (QED) is 0.526. The zero-order chi connectivity index (χ0) is 18.8. The normalized spacial score (nSPS) is 12.8. The molecule has 26 heavy (non-hydrogen) atoms. The first kappa shape index (κ1) is 20.0. The highest BCUT2D eigenvalue weighted by atomic mass is 16.5. The molecule has 2 N–H and O–H groups in total. The monoisotopic (exact) mass is 356 g/mol. The van der Waals surface area contributed by atoms with Gasteiger partial charge in [-0.25, -0.2) is 4.99 Å². The molecule has 1 aromatic heterocycles. The van der Waals surface area contributed by atoms with Crippen LogP contribution in [0.25, 0.3) is 0 Å². The third kappa shape index (κ3) is 5.61. The average molecular weight is 357 g/mol. The molecule has 0 aliphatic heterocycles. The van der Waals surface area contributed by atoms with E-state index in [0.717, 1.165) is 55.3 Å². The second-order valence-electron chi connectivity index (χ2n) is 6.46. The second-order valence-corrected chi connectivity index (χ2v) is 6.46. The molecule has 1 unspecified atom stereocenters. The number of aliphatic imine (C=N–C) groups is 1. The summed E-state index contributed by atoms with van der Waals surface area (Å²) in [4.78, 5) is 4.74. The van der Waals surface area contributed by atoms with Crippen LogP contribution in [-0.4, -0.2) is 24.2 Å². The Balaban J connectivity index is 1.93. The van der Waals surface area contributed by atoms with Gasteiger partial charge in [0, 0.05) is 25.1 Å². The molecule has 0 amide bonds. The van der Waals surface area contributed by atoms with Gasteiger partial charge in [0.25, 0.3) is 0 Å². The van der Waals surface area contributed by atoms with E-state index in [2.05, 4.69) is 73.8 Å². The molecule has 1 atom stereocenters. The van der Waals surface area contributed by atoms with Crippen LogP contribution in [0.3, 0.4) is 0 Å². The van der Waals surface area contributed by atoms with Crippen LogP contribution in [0.1, 0.15) is 62.6 Å². The van der Waals surface area contributed by atoms with Crippen molar-refractivity contribution < 1.29 is 4.52 Å². The van der Waals surface area contributed by atoms with Gasteiger partial charge in [0.1, 0.15) is 5.76 Å². The summed E-state index contributed by atoms with van der Waals surface area (Å²) in [5, 5.41) is 10.9. The molecule has 0 bridgehead atoms. The zero-order valence-corrected chi connectivity index (χ0v) is 16.5. The molecule has 1 heterocycles. The molecule has 2 rings (SSSR count). The van der Waals surface area contributed by atoms with E-state index in [1.807, 2.05) is 0 Å². The largest absolute Gasteiger partial charge is 0.361 e. The van der Waals surface area contributed by atoms with E-state index in [1.165, 1.54) is 5.56 Å². The lowest BCUT2D eigenvalue weighted by atomic mass is 9.98. The Morgan fingerprint density at radius 1 is 1.12 bits per heavy atom. The number of rotatable bonds is 9. The third-order valence-corrected chi connectivity index (χ3v) is 4.58. The summed E-state index contributed by atoms with van der Waals surface area (Å²) in [7, 11) is 0. The number of guanidine groups is 1. The summed E-state index contributed by atoms with van der Waals surface area (Å²) in [6.45, 7) is 10.8. The highest BCUT2D eigenvalue weighted by Crippen LogP contribution is 2.18. The van der Waals surface area contributed by atoms with Gasteiger partial charge in [0.05, 0.1) is 12.2 Å². The molecule has 0 spiro atoms. The maximum absolute atomic E-state index is 5.43. The smallest absolute Gasteiger partial charge is 0.191 e. The van der Waals surface area contributed by atoms with Gasteiger partial charge in [-0.1, -0.05) is 56.3 Å². The minimum atomic E-state index is 0.517. The molecule has 0 saturated heterocycles. The first-order valence-electron chi connectivity index (χ1n) is 9.72. The van der Waals surface area contributed by atoms with Gasteiger partial charge in [-0.05, 0) is 31.2 Å². The van der Waals surface area contributed by atoms with Crippen molar-refractivity contribution in [2.75, 3.05) is 13.1 Å². The summed E-state index contributed by atoms with van der Waals surface area (Å²) < 4.78 is 5.43. The van der Waals surface area contributed by atoms with E-state index >= 15 is 0 Å². The third-order valence-electron chi connectivity index (χ3n) is 4.58. The van der Waals surface area contributed by atoms with Gasteiger partial charge in [-0.15, -0.1) is 0 Å². The topological polar surface area (TPSA) is 62.5 Å². The fraction of sp³-hybridized carbons (Fsp3) is 0.524. The fourth-order valence-electron chi connectivity index (χ4n) is 2.97. The summed E-state index contributed by atoms with van der Waals surface area (Å²) in [6, 6.07) is 10.6. The molecule has 0 aliphatic rings. The summed E-state index contributed by atoms with van der Waals surface area (Å²) in [6.07, 6.45) is 2.77. The number of hydrogen-bond acceptors (Lipinski definition) is 3. The summed E-state index contributed by atoms with van der Waals surface area (Å²) in [5.41, 5.74) is 3.52. The molecule has 142 valence electrons. The highest BCUT2D eigenvalue weighted by Gasteiger charge is 2.13. The predicted octanol–water partition coefficient (Wildman–Crippen LogP) is 4.05. The second kappa shape index (κ2) is 10.6. The van der Waals surface area contributed by atoms with Crippen molar-refractivity contribution in [2.45, 2.75) is 59.4 Å².